The number of benzene rings is 4. The number of nitrogens with one attached hydrogen (secondary N) is 1. The molecule has 4 aromatic rings. The van der Waals surface area contributed by atoms with Gasteiger partial charge in [-0.25, -0.2) is 17.5 Å². The summed E-state index contributed by atoms with van der Waals surface area (Å²) >= 11 is 0. The largest absolute Gasteiger partial charge is 0.365 e. The van der Waals surface area contributed by atoms with Crippen molar-refractivity contribution >= 4 is 24.0 Å². The van der Waals surface area contributed by atoms with E-state index in [9.17, 15) is 17.4 Å². The molecule has 1 heterocycles. The molecule has 0 aliphatic carbocycles. The van der Waals surface area contributed by atoms with Gasteiger partial charge in [-0.05, 0) is 65.1 Å². The molecule has 0 aromatic heterocycles. The topological polar surface area (TPSA) is 105 Å². The van der Waals surface area contributed by atoms with Crippen LogP contribution in [0.3, 0.4) is 0 Å². The first kappa shape index (κ1) is 27.1. The molecule has 0 fully saturated rings. The fourth-order valence-corrected chi connectivity index (χ4v) is 6.10. The third-order valence-corrected chi connectivity index (χ3v) is 8.11. The molecule has 1 aliphatic rings. The lowest BCUT2D eigenvalue weighted by Gasteiger charge is -2.37. The minimum atomic E-state index is -3.97. The molecular formula is C28H26FN2O6PS. The molecule has 2 unspecified atom stereocenters. The minimum absolute atomic E-state index is 0.0195. The second-order valence-corrected chi connectivity index (χ2v) is 11.6. The van der Waals surface area contributed by atoms with E-state index >= 15 is 0 Å². The van der Waals surface area contributed by atoms with E-state index in [4.69, 9.17) is 9.78 Å². The van der Waals surface area contributed by atoms with E-state index in [2.05, 4.69) is 14.3 Å². The van der Waals surface area contributed by atoms with E-state index in [1.807, 2.05) is 48.5 Å². The molecule has 2 N–H and O–H groups in total. The average molecular weight is 569 g/mol. The lowest BCUT2D eigenvalue weighted by Crippen LogP contribution is -2.48. The first-order chi connectivity index (χ1) is 18.8. The van der Waals surface area contributed by atoms with Gasteiger partial charge in [0.05, 0.1) is 4.90 Å². The number of halogens is 1. The Hall–Kier alpha value is -3.53. The van der Waals surface area contributed by atoms with Crippen molar-refractivity contribution in [3.05, 3.63) is 114 Å². The summed E-state index contributed by atoms with van der Waals surface area (Å²) in [4.78, 5) is 15.6. The summed E-state index contributed by atoms with van der Waals surface area (Å²) in [5.74, 6) is -0.333. The first-order valence-corrected chi connectivity index (χ1v) is 14.9. The zero-order chi connectivity index (χ0) is 27.4. The van der Waals surface area contributed by atoms with E-state index in [0.29, 0.717) is 19.5 Å². The van der Waals surface area contributed by atoms with Gasteiger partial charge in [0.25, 0.3) is 0 Å². The predicted octanol–water partition coefficient (Wildman–Crippen LogP) is 5.09. The summed E-state index contributed by atoms with van der Waals surface area (Å²) in [6.07, 6.45) is 0.445. The van der Waals surface area contributed by atoms with Crippen LogP contribution in [0.2, 0.25) is 0 Å². The molecule has 0 radical (unpaired) electrons. The lowest BCUT2D eigenvalue weighted by atomic mass is 9.94. The Labute approximate surface area is 226 Å². The van der Waals surface area contributed by atoms with Crippen LogP contribution in [0.5, 0.6) is 5.75 Å². The lowest BCUT2D eigenvalue weighted by molar-refractivity contribution is -0.102. The van der Waals surface area contributed by atoms with Crippen molar-refractivity contribution in [2.75, 3.05) is 11.4 Å². The number of nitrogens with zero attached hydrogens (tertiary/aromatic N) is 1. The third kappa shape index (κ3) is 6.73. The van der Waals surface area contributed by atoms with Crippen LogP contribution >= 0.6 is 8.25 Å². The monoisotopic (exact) mass is 568 g/mol. The fourth-order valence-electron chi connectivity index (χ4n) is 4.67. The van der Waals surface area contributed by atoms with E-state index in [0.717, 1.165) is 27.9 Å². The average Bonchev–Trinajstić information content (AvgIpc) is 2.92. The van der Waals surface area contributed by atoms with Gasteiger partial charge in [-0.15, -0.1) is 4.67 Å². The Bertz CT molecular complexity index is 1590. The molecule has 1 aliphatic heterocycles. The van der Waals surface area contributed by atoms with Crippen LogP contribution in [0.15, 0.2) is 102 Å². The second-order valence-electron chi connectivity index (χ2n) is 9.15. The van der Waals surface area contributed by atoms with Gasteiger partial charge in [-0.2, -0.15) is 0 Å². The molecule has 2 atom stereocenters. The van der Waals surface area contributed by atoms with Crippen molar-refractivity contribution in [1.29, 1.82) is 0 Å². The number of hydrogen-bond donors (Lipinski definition) is 2. The molecule has 11 heteroatoms. The number of hydrogen-bond acceptors (Lipinski definition) is 6. The highest BCUT2D eigenvalue weighted by Gasteiger charge is 2.29. The van der Waals surface area contributed by atoms with Gasteiger partial charge in [0.1, 0.15) is 5.82 Å². The number of rotatable bonds is 9. The normalized spacial score (nSPS) is 15.9. The van der Waals surface area contributed by atoms with Crippen LogP contribution in [0.1, 0.15) is 11.1 Å². The Morgan fingerprint density at radius 3 is 2.44 bits per heavy atom. The molecule has 0 saturated carbocycles. The van der Waals surface area contributed by atoms with E-state index in [1.165, 1.54) is 36.4 Å². The summed E-state index contributed by atoms with van der Waals surface area (Å²) in [6, 6.07) is 27.2. The van der Waals surface area contributed by atoms with Gasteiger partial charge in [-0.3, -0.25) is 4.57 Å². The zero-order valence-corrected chi connectivity index (χ0v) is 22.5. The minimum Gasteiger partial charge on any atom is -0.365 e. The van der Waals surface area contributed by atoms with Crippen molar-refractivity contribution in [2.24, 2.45) is 0 Å². The van der Waals surface area contributed by atoms with Gasteiger partial charge in [0, 0.05) is 30.9 Å². The Kier molecular flexibility index (Phi) is 8.11. The highest BCUT2D eigenvalue weighted by Crippen LogP contribution is 2.33. The molecule has 0 spiro atoms. The van der Waals surface area contributed by atoms with Crippen molar-refractivity contribution in [3.8, 4) is 16.9 Å². The quantitative estimate of drug-likeness (QED) is 0.165. The summed E-state index contributed by atoms with van der Waals surface area (Å²) < 4.78 is 58.0. The fraction of sp³-hybridized carbons (Fsp3) is 0.143. The van der Waals surface area contributed by atoms with Crippen LogP contribution in [-0.4, -0.2) is 25.9 Å². The Balaban J connectivity index is 1.43. The maximum atomic E-state index is 13.5. The summed E-state index contributed by atoms with van der Waals surface area (Å²) in [5, 5.41) is 0. The number of fused-ring (bicyclic) bond motifs is 1. The Morgan fingerprint density at radius 2 is 1.69 bits per heavy atom. The van der Waals surface area contributed by atoms with Crippen molar-refractivity contribution in [1.82, 2.24) is 4.72 Å². The van der Waals surface area contributed by atoms with E-state index in [-0.39, 0.29) is 16.5 Å². The van der Waals surface area contributed by atoms with Crippen LogP contribution < -0.4 is 14.5 Å². The van der Waals surface area contributed by atoms with Crippen LogP contribution in [0.4, 0.5) is 10.1 Å². The SMILES string of the molecule is O=[PH](O)OOc1cccc(S(=O)(=O)NC2Cc3cc(-c4ccc(F)cc4)ccc3N(Cc3ccccc3)C2)c1. The van der Waals surface area contributed by atoms with Crippen LogP contribution in [0.25, 0.3) is 11.1 Å². The van der Waals surface area contributed by atoms with Crippen molar-refractivity contribution in [3.63, 3.8) is 0 Å². The van der Waals surface area contributed by atoms with E-state index < -0.39 is 24.3 Å². The smallest absolute Gasteiger partial charge is 0.355 e. The van der Waals surface area contributed by atoms with Gasteiger partial charge in [0.15, 0.2) is 5.75 Å². The van der Waals surface area contributed by atoms with Gasteiger partial charge in [0.2, 0.25) is 10.0 Å². The zero-order valence-electron chi connectivity index (χ0n) is 20.7. The molecule has 4 aromatic carbocycles. The van der Waals surface area contributed by atoms with Crippen LogP contribution in [0, 0.1) is 5.82 Å². The third-order valence-electron chi connectivity index (χ3n) is 6.37. The maximum absolute atomic E-state index is 13.5. The van der Waals surface area contributed by atoms with Gasteiger partial charge >= 0.3 is 8.25 Å². The Morgan fingerprint density at radius 1 is 0.949 bits per heavy atom. The summed E-state index contributed by atoms with van der Waals surface area (Å²) in [5.41, 5.74) is 4.82. The van der Waals surface area contributed by atoms with E-state index in [1.54, 1.807) is 12.1 Å². The highest BCUT2D eigenvalue weighted by molar-refractivity contribution is 7.89. The standard InChI is InChI=1S/C28H26FN2O6PS/c29-24-12-9-21(10-13-24)22-11-14-28-23(15-22)16-25(19-31(28)18-20-5-2-1-3-6-20)30-39(34,35)27-8-4-7-26(17-27)36-37-38(32)33/h1-15,17,25,30,38H,16,18-19H2,(H,32,33). The number of sulfonamides is 1. The molecule has 0 saturated heterocycles. The van der Waals surface area contributed by atoms with Crippen molar-refractivity contribution < 1.29 is 31.8 Å². The molecule has 5 rings (SSSR count). The molecule has 202 valence electrons. The molecule has 8 nitrogen and oxygen atoms in total. The molecule has 0 bridgehead atoms. The summed E-state index contributed by atoms with van der Waals surface area (Å²) in [7, 11) is -7.32. The first-order valence-electron chi connectivity index (χ1n) is 12.1. The number of anilines is 1. The molecular weight excluding hydrogens is 542 g/mol. The second kappa shape index (κ2) is 11.7. The molecule has 0 amide bonds. The predicted molar refractivity (Wildman–Crippen MR) is 147 cm³/mol. The highest BCUT2D eigenvalue weighted by atomic mass is 32.2. The van der Waals surface area contributed by atoms with Gasteiger partial charge in [-0.1, -0.05) is 54.6 Å². The van der Waals surface area contributed by atoms with Crippen molar-refractivity contribution in [2.45, 2.75) is 23.9 Å². The molecule has 39 heavy (non-hydrogen) atoms. The van der Waals surface area contributed by atoms with Gasteiger partial charge < -0.3 is 14.7 Å². The maximum Gasteiger partial charge on any atom is 0.355 e. The summed E-state index contributed by atoms with van der Waals surface area (Å²) in [6.45, 7) is 1.02. The van der Waals surface area contributed by atoms with Crippen LogP contribution in [-0.2, 0) is 32.2 Å².